The first-order chi connectivity index (χ1) is 8.57. The van der Waals surface area contributed by atoms with Crippen LogP contribution in [0, 0.1) is 0 Å². The molecule has 1 aliphatic carbocycles. The third kappa shape index (κ3) is 2.54. The van der Waals surface area contributed by atoms with E-state index < -0.39 is 22.0 Å². The largest absolute Gasteiger partial charge is 0.468 e. The normalized spacial score (nSPS) is 27.3. The van der Waals surface area contributed by atoms with E-state index in [1.165, 1.54) is 11.4 Å². The lowest BCUT2D eigenvalue weighted by molar-refractivity contribution is -0.146. The molecule has 0 unspecified atom stereocenters. The van der Waals surface area contributed by atoms with E-state index in [1.54, 1.807) is 0 Å². The molecule has 1 aliphatic heterocycles. The highest BCUT2D eigenvalue weighted by atomic mass is 32.2. The van der Waals surface area contributed by atoms with E-state index in [-0.39, 0.29) is 5.25 Å². The number of hydrogen-bond donors (Lipinski definition) is 0. The third-order valence-electron chi connectivity index (χ3n) is 3.98. The van der Waals surface area contributed by atoms with Crippen molar-refractivity contribution in [3.8, 4) is 0 Å². The zero-order chi connectivity index (χ0) is 13.2. The number of sulfonamides is 1. The maximum absolute atomic E-state index is 12.5. The highest BCUT2D eigenvalue weighted by Gasteiger charge is 2.42. The van der Waals surface area contributed by atoms with Crippen molar-refractivity contribution in [2.75, 3.05) is 13.7 Å². The van der Waals surface area contributed by atoms with Gasteiger partial charge in [-0.3, -0.25) is 4.79 Å². The van der Waals surface area contributed by atoms with Gasteiger partial charge < -0.3 is 4.74 Å². The fourth-order valence-corrected chi connectivity index (χ4v) is 5.20. The second kappa shape index (κ2) is 5.57. The van der Waals surface area contributed by atoms with Gasteiger partial charge in [-0.25, -0.2) is 8.42 Å². The minimum absolute atomic E-state index is 0.289. The van der Waals surface area contributed by atoms with Crippen LogP contribution in [0.5, 0.6) is 0 Å². The molecule has 0 amide bonds. The minimum atomic E-state index is -3.33. The molecule has 0 bridgehead atoms. The number of carbonyl (C=O) groups is 1. The second-order valence-electron chi connectivity index (χ2n) is 5.10. The lowest BCUT2D eigenvalue weighted by atomic mass is 10.1. The van der Waals surface area contributed by atoms with Gasteiger partial charge in [-0.05, 0) is 32.1 Å². The summed E-state index contributed by atoms with van der Waals surface area (Å²) in [4.78, 5) is 11.7. The minimum Gasteiger partial charge on any atom is -0.468 e. The molecular weight excluding hydrogens is 254 g/mol. The summed E-state index contributed by atoms with van der Waals surface area (Å²) in [5, 5.41) is -0.289. The third-order valence-corrected chi connectivity index (χ3v) is 6.38. The molecule has 0 aromatic rings. The van der Waals surface area contributed by atoms with Gasteiger partial charge in [-0.1, -0.05) is 12.8 Å². The molecule has 2 fully saturated rings. The molecule has 2 rings (SSSR count). The first-order valence-corrected chi connectivity index (χ1v) is 8.16. The Morgan fingerprint density at radius 3 is 2.33 bits per heavy atom. The Bertz CT molecular complexity index is 400. The van der Waals surface area contributed by atoms with E-state index in [2.05, 4.69) is 0 Å². The van der Waals surface area contributed by atoms with Crippen molar-refractivity contribution in [1.29, 1.82) is 0 Å². The summed E-state index contributed by atoms with van der Waals surface area (Å²) in [5.74, 6) is -0.420. The highest BCUT2D eigenvalue weighted by molar-refractivity contribution is 7.89. The van der Waals surface area contributed by atoms with E-state index in [4.69, 9.17) is 4.74 Å². The smallest absolute Gasteiger partial charge is 0.324 e. The predicted molar refractivity (Wildman–Crippen MR) is 67.5 cm³/mol. The Morgan fingerprint density at radius 2 is 1.72 bits per heavy atom. The number of hydrogen-bond acceptors (Lipinski definition) is 4. The molecule has 0 aromatic heterocycles. The van der Waals surface area contributed by atoms with Gasteiger partial charge in [0.1, 0.15) is 6.04 Å². The zero-order valence-electron chi connectivity index (χ0n) is 10.8. The van der Waals surface area contributed by atoms with Crippen molar-refractivity contribution in [2.24, 2.45) is 0 Å². The van der Waals surface area contributed by atoms with Crippen LogP contribution in [0.1, 0.15) is 44.9 Å². The number of carbonyl (C=O) groups excluding carboxylic acids is 1. The van der Waals surface area contributed by atoms with Crippen LogP contribution in [-0.4, -0.2) is 43.6 Å². The van der Waals surface area contributed by atoms with Gasteiger partial charge in [0.25, 0.3) is 0 Å². The number of ether oxygens (including phenoxy) is 1. The summed E-state index contributed by atoms with van der Waals surface area (Å²) in [6.45, 7) is 0.457. The molecule has 0 aromatic carbocycles. The summed E-state index contributed by atoms with van der Waals surface area (Å²) >= 11 is 0. The van der Waals surface area contributed by atoms with Crippen LogP contribution >= 0.6 is 0 Å². The average Bonchev–Trinajstić information content (AvgIpc) is 2.92. The number of rotatable bonds is 3. The van der Waals surface area contributed by atoms with Crippen LogP contribution in [0.2, 0.25) is 0 Å². The Balaban J connectivity index is 2.19. The van der Waals surface area contributed by atoms with Crippen LogP contribution in [0.25, 0.3) is 0 Å². The number of methoxy groups -OCH3 is 1. The van der Waals surface area contributed by atoms with E-state index in [0.29, 0.717) is 13.0 Å². The predicted octanol–water partition coefficient (Wildman–Crippen LogP) is 1.29. The SMILES string of the molecule is COC(=O)[C@H]1CCCCN1S(=O)(=O)C1CCCC1. The quantitative estimate of drug-likeness (QED) is 0.728. The van der Waals surface area contributed by atoms with Crippen LogP contribution in [0.4, 0.5) is 0 Å². The number of esters is 1. The maximum Gasteiger partial charge on any atom is 0.324 e. The standard InChI is InChI=1S/C12H21NO4S/c1-17-12(14)11-8-4-5-9-13(11)18(15,16)10-6-2-3-7-10/h10-11H,2-9H2,1H3/t11-/m1/s1. The Hall–Kier alpha value is -0.620. The molecule has 1 atom stereocenters. The van der Waals surface area contributed by atoms with Crippen molar-refractivity contribution in [2.45, 2.75) is 56.2 Å². The molecule has 1 saturated carbocycles. The summed E-state index contributed by atoms with van der Waals surface area (Å²) < 4.78 is 31.2. The molecule has 6 heteroatoms. The average molecular weight is 275 g/mol. The first kappa shape index (κ1) is 13.8. The van der Waals surface area contributed by atoms with Crippen molar-refractivity contribution in [3.05, 3.63) is 0 Å². The van der Waals surface area contributed by atoms with Gasteiger partial charge in [0, 0.05) is 6.54 Å². The Labute approximate surface area is 109 Å². The van der Waals surface area contributed by atoms with Crippen LogP contribution in [-0.2, 0) is 19.6 Å². The van der Waals surface area contributed by atoms with Crippen LogP contribution in [0.3, 0.4) is 0 Å². The summed E-state index contributed by atoms with van der Waals surface area (Å²) in [6, 6.07) is -0.602. The first-order valence-electron chi connectivity index (χ1n) is 6.66. The molecule has 0 radical (unpaired) electrons. The Morgan fingerprint density at radius 1 is 1.11 bits per heavy atom. The van der Waals surface area contributed by atoms with Gasteiger partial charge in [0.2, 0.25) is 10.0 Å². The van der Waals surface area contributed by atoms with E-state index in [9.17, 15) is 13.2 Å². The second-order valence-corrected chi connectivity index (χ2v) is 7.26. The molecule has 1 saturated heterocycles. The zero-order valence-corrected chi connectivity index (χ0v) is 11.6. The van der Waals surface area contributed by atoms with Crippen molar-refractivity contribution in [3.63, 3.8) is 0 Å². The molecule has 5 nitrogen and oxygen atoms in total. The molecular formula is C12H21NO4S. The molecule has 18 heavy (non-hydrogen) atoms. The van der Waals surface area contributed by atoms with Gasteiger partial charge in [-0.2, -0.15) is 4.31 Å². The fraction of sp³-hybridized carbons (Fsp3) is 0.917. The lowest BCUT2D eigenvalue weighted by Gasteiger charge is -2.34. The lowest BCUT2D eigenvalue weighted by Crippen LogP contribution is -2.51. The summed E-state index contributed by atoms with van der Waals surface area (Å²) in [7, 11) is -2.02. The summed E-state index contributed by atoms with van der Waals surface area (Å²) in [5.41, 5.74) is 0. The van der Waals surface area contributed by atoms with Gasteiger partial charge in [-0.15, -0.1) is 0 Å². The fourth-order valence-electron chi connectivity index (χ4n) is 2.96. The summed E-state index contributed by atoms with van der Waals surface area (Å²) in [6.07, 6.45) is 5.70. The van der Waals surface area contributed by atoms with Gasteiger partial charge in [0.15, 0.2) is 0 Å². The molecule has 0 N–H and O–H groups in total. The molecule has 2 aliphatic rings. The molecule has 1 heterocycles. The van der Waals surface area contributed by atoms with Gasteiger partial charge >= 0.3 is 5.97 Å². The van der Waals surface area contributed by atoms with Crippen molar-refractivity contribution < 1.29 is 17.9 Å². The van der Waals surface area contributed by atoms with E-state index in [1.807, 2.05) is 0 Å². The van der Waals surface area contributed by atoms with Crippen molar-refractivity contribution >= 4 is 16.0 Å². The van der Waals surface area contributed by atoms with Gasteiger partial charge in [0.05, 0.1) is 12.4 Å². The van der Waals surface area contributed by atoms with E-state index in [0.717, 1.165) is 38.5 Å². The Kier molecular flexibility index (Phi) is 4.27. The number of piperidine rings is 1. The highest BCUT2D eigenvalue weighted by Crippen LogP contribution is 2.31. The van der Waals surface area contributed by atoms with Crippen LogP contribution < -0.4 is 0 Å². The topological polar surface area (TPSA) is 63.7 Å². The van der Waals surface area contributed by atoms with E-state index >= 15 is 0 Å². The molecule has 104 valence electrons. The number of nitrogens with zero attached hydrogens (tertiary/aromatic N) is 1. The van der Waals surface area contributed by atoms with Crippen LogP contribution in [0.15, 0.2) is 0 Å². The maximum atomic E-state index is 12.5. The monoisotopic (exact) mass is 275 g/mol. The van der Waals surface area contributed by atoms with Crippen molar-refractivity contribution in [1.82, 2.24) is 4.31 Å². The molecule has 0 spiro atoms.